The monoisotopic (exact) mass is 374 g/mol. The molecule has 0 aliphatic rings. The van der Waals surface area contributed by atoms with Crippen molar-refractivity contribution in [3.8, 4) is 5.88 Å². The Balaban J connectivity index is 1.92. The zero-order valence-corrected chi connectivity index (χ0v) is 12.9. The van der Waals surface area contributed by atoms with Gasteiger partial charge in [-0.2, -0.15) is 0 Å². The van der Waals surface area contributed by atoms with E-state index in [-0.39, 0.29) is 0 Å². The van der Waals surface area contributed by atoms with Gasteiger partial charge in [-0.05, 0) is 44.0 Å². The first-order valence-electron chi connectivity index (χ1n) is 5.33. The number of aromatic nitrogens is 1. The number of hydrogen-bond donors (Lipinski definition) is 1. The van der Waals surface area contributed by atoms with E-state index in [1.54, 1.807) is 13.3 Å². The Labute approximate surface area is 122 Å². The van der Waals surface area contributed by atoms with Crippen molar-refractivity contribution in [1.29, 1.82) is 0 Å². The van der Waals surface area contributed by atoms with Crippen molar-refractivity contribution in [2.45, 2.75) is 13.1 Å². The summed E-state index contributed by atoms with van der Waals surface area (Å²) in [5.74, 6) is 1.50. The fourth-order valence-electron chi connectivity index (χ4n) is 1.54. The molecule has 0 aromatic carbocycles. The van der Waals surface area contributed by atoms with E-state index in [0.29, 0.717) is 23.6 Å². The van der Waals surface area contributed by atoms with Crippen LogP contribution < -0.4 is 10.1 Å². The third-order valence-electron chi connectivity index (χ3n) is 2.35. The van der Waals surface area contributed by atoms with E-state index in [1.807, 2.05) is 18.2 Å². The molecule has 2 heterocycles. The van der Waals surface area contributed by atoms with E-state index in [0.717, 1.165) is 15.8 Å². The van der Waals surface area contributed by atoms with E-state index in [9.17, 15) is 0 Å². The highest BCUT2D eigenvalue weighted by molar-refractivity contribution is 9.13. The summed E-state index contributed by atoms with van der Waals surface area (Å²) >= 11 is 6.68. The molecule has 0 amide bonds. The van der Waals surface area contributed by atoms with Crippen LogP contribution in [0.2, 0.25) is 0 Å². The lowest BCUT2D eigenvalue weighted by Gasteiger charge is -2.07. The summed E-state index contributed by atoms with van der Waals surface area (Å²) in [5, 5.41) is 3.28. The van der Waals surface area contributed by atoms with Gasteiger partial charge in [-0.1, -0.05) is 6.07 Å². The molecular formula is C12H12Br2N2O2. The van der Waals surface area contributed by atoms with Crippen molar-refractivity contribution in [2.24, 2.45) is 0 Å². The van der Waals surface area contributed by atoms with E-state index in [2.05, 4.69) is 42.2 Å². The van der Waals surface area contributed by atoms with E-state index in [1.165, 1.54) is 0 Å². The fourth-order valence-corrected chi connectivity index (χ4v) is 2.20. The van der Waals surface area contributed by atoms with Crippen molar-refractivity contribution in [1.82, 2.24) is 10.3 Å². The lowest BCUT2D eigenvalue weighted by Crippen LogP contribution is -2.13. The SMILES string of the molecule is COc1ncccc1CNCc1cc(Br)c(Br)o1. The smallest absolute Gasteiger partial charge is 0.217 e. The Kier molecular flexibility index (Phi) is 4.79. The maximum absolute atomic E-state index is 5.47. The summed E-state index contributed by atoms with van der Waals surface area (Å²) < 4.78 is 12.3. The number of halogens is 2. The van der Waals surface area contributed by atoms with Crippen molar-refractivity contribution in [3.63, 3.8) is 0 Å². The predicted octanol–water partition coefficient (Wildman–Crippen LogP) is 3.50. The number of rotatable bonds is 5. The normalized spacial score (nSPS) is 10.6. The minimum absolute atomic E-state index is 0.641. The zero-order valence-electron chi connectivity index (χ0n) is 9.74. The Morgan fingerprint density at radius 1 is 1.39 bits per heavy atom. The number of nitrogens with one attached hydrogen (secondary N) is 1. The summed E-state index contributed by atoms with van der Waals surface area (Å²) in [7, 11) is 1.62. The molecule has 0 atom stereocenters. The molecule has 0 saturated heterocycles. The van der Waals surface area contributed by atoms with Crippen LogP contribution in [0.25, 0.3) is 0 Å². The molecular weight excluding hydrogens is 364 g/mol. The Morgan fingerprint density at radius 2 is 2.22 bits per heavy atom. The Morgan fingerprint density at radius 3 is 2.89 bits per heavy atom. The molecule has 2 aromatic rings. The highest BCUT2D eigenvalue weighted by atomic mass is 79.9. The molecule has 0 saturated carbocycles. The van der Waals surface area contributed by atoms with E-state index < -0.39 is 0 Å². The Bertz CT molecular complexity index is 509. The molecule has 0 fully saturated rings. The molecule has 0 radical (unpaired) electrons. The molecule has 0 spiro atoms. The van der Waals surface area contributed by atoms with Crippen LogP contribution in [0.15, 0.2) is 38.0 Å². The van der Waals surface area contributed by atoms with Crippen LogP contribution in [0.3, 0.4) is 0 Å². The molecule has 6 heteroatoms. The van der Waals surface area contributed by atoms with Crippen molar-refractivity contribution in [2.75, 3.05) is 7.11 Å². The molecule has 0 aliphatic carbocycles. The van der Waals surface area contributed by atoms with Gasteiger partial charge in [0.05, 0.1) is 18.1 Å². The summed E-state index contributed by atoms with van der Waals surface area (Å²) in [4.78, 5) is 4.14. The minimum Gasteiger partial charge on any atom is -0.481 e. The van der Waals surface area contributed by atoms with Gasteiger partial charge in [0, 0.05) is 18.3 Å². The first-order chi connectivity index (χ1) is 8.70. The molecule has 0 unspecified atom stereocenters. The number of nitrogens with zero attached hydrogens (tertiary/aromatic N) is 1. The van der Waals surface area contributed by atoms with Crippen molar-refractivity contribution >= 4 is 31.9 Å². The maximum atomic E-state index is 5.47. The lowest BCUT2D eigenvalue weighted by atomic mass is 10.2. The topological polar surface area (TPSA) is 47.3 Å². The van der Waals surface area contributed by atoms with Crippen LogP contribution >= 0.6 is 31.9 Å². The standard InChI is InChI=1S/C12H12Br2N2O2/c1-17-12-8(3-2-4-16-12)6-15-7-9-5-10(13)11(14)18-9/h2-5,15H,6-7H2,1H3. The molecule has 1 N–H and O–H groups in total. The third-order valence-corrected chi connectivity index (χ3v) is 4.06. The summed E-state index contributed by atoms with van der Waals surface area (Å²) in [5.41, 5.74) is 1.02. The molecule has 2 rings (SSSR count). The van der Waals surface area contributed by atoms with Crippen LogP contribution in [-0.4, -0.2) is 12.1 Å². The van der Waals surface area contributed by atoms with Crippen LogP contribution in [0.4, 0.5) is 0 Å². The van der Waals surface area contributed by atoms with Crippen molar-refractivity contribution in [3.05, 3.63) is 44.9 Å². The summed E-state index contributed by atoms with van der Waals surface area (Å²) in [6.07, 6.45) is 1.71. The summed E-state index contributed by atoms with van der Waals surface area (Å²) in [6, 6.07) is 5.80. The molecule has 0 aliphatic heterocycles. The third kappa shape index (κ3) is 3.34. The van der Waals surface area contributed by atoms with E-state index in [4.69, 9.17) is 9.15 Å². The van der Waals surface area contributed by atoms with Gasteiger partial charge in [0.15, 0.2) is 4.67 Å². The first kappa shape index (κ1) is 13.6. The maximum Gasteiger partial charge on any atom is 0.217 e. The predicted molar refractivity (Wildman–Crippen MR) is 75.4 cm³/mol. The second-order valence-corrected chi connectivity index (χ2v) is 5.18. The Hall–Kier alpha value is -0.850. The van der Waals surface area contributed by atoms with Gasteiger partial charge < -0.3 is 14.5 Å². The highest BCUT2D eigenvalue weighted by Gasteiger charge is 2.07. The fraction of sp³-hybridized carbons (Fsp3) is 0.250. The van der Waals surface area contributed by atoms with Gasteiger partial charge in [-0.3, -0.25) is 0 Å². The lowest BCUT2D eigenvalue weighted by molar-refractivity contribution is 0.389. The molecule has 18 heavy (non-hydrogen) atoms. The average molecular weight is 376 g/mol. The molecule has 96 valence electrons. The largest absolute Gasteiger partial charge is 0.481 e. The molecule has 4 nitrogen and oxygen atoms in total. The quantitative estimate of drug-likeness (QED) is 0.868. The van der Waals surface area contributed by atoms with Gasteiger partial charge in [0.25, 0.3) is 0 Å². The molecule has 0 bridgehead atoms. The second-order valence-electron chi connectivity index (χ2n) is 3.61. The second kappa shape index (κ2) is 6.36. The van der Waals surface area contributed by atoms with Gasteiger partial charge in [0.1, 0.15) is 5.76 Å². The minimum atomic E-state index is 0.641. The number of methoxy groups -OCH3 is 1. The van der Waals surface area contributed by atoms with Gasteiger partial charge >= 0.3 is 0 Å². The van der Waals surface area contributed by atoms with Gasteiger partial charge in [-0.15, -0.1) is 0 Å². The number of furan rings is 1. The molecule has 2 aromatic heterocycles. The van der Waals surface area contributed by atoms with Crippen LogP contribution in [-0.2, 0) is 13.1 Å². The van der Waals surface area contributed by atoms with Crippen LogP contribution in [0, 0.1) is 0 Å². The first-order valence-corrected chi connectivity index (χ1v) is 6.91. The number of hydrogen-bond acceptors (Lipinski definition) is 4. The number of pyridine rings is 1. The van der Waals surface area contributed by atoms with Gasteiger partial charge in [-0.25, -0.2) is 4.98 Å². The zero-order chi connectivity index (χ0) is 13.0. The van der Waals surface area contributed by atoms with E-state index >= 15 is 0 Å². The van der Waals surface area contributed by atoms with Gasteiger partial charge in [0.2, 0.25) is 5.88 Å². The summed E-state index contributed by atoms with van der Waals surface area (Å²) in [6.45, 7) is 1.31. The number of ether oxygens (including phenoxy) is 1. The highest BCUT2D eigenvalue weighted by Crippen LogP contribution is 2.26. The average Bonchev–Trinajstić information content (AvgIpc) is 2.69. The van der Waals surface area contributed by atoms with Crippen LogP contribution in [0.1, 0.15) is 11.3 Å². The van der Waals surface area contributed by atoms with Crippen LogP contribution in [0.5, 0.6) is 5.88 Å². The van der Waals surface area contributed by atoms with Crippen molar-refractivity contribution < 1.29 is 9.15 Å².